The average molecular weight is 461 g/mol. The molecule has 1 heterocycles. The molecule has 2 aromatic carbocycles. The van der Waals surface area contributed by atoms with Crippen molar-refractivity contribution < 1.29 is 10.2 Å². The maximum Gasteiger partial charge on any atom is 0.187 e. The first-order valence-corrected chi connectivity index (χ1v) is 12.5. The van der Waals surface area contributed by atoms with Gasteiger partial charge in [-0.1, -0.05) is 36.4 Å². The van der Waals surface area contributed by atoms with Crippen LogP contribution in [0.4, 0.5) is 5.69 Å². The highest BCUT2D eigenvalue weighted by molar-refractivity contribution is 5.53. The molecular weight excluding hydrogens is 424 g/mol. The van der Waals surface area contributed by atoms with Gasteiger partial charge in [0, 0.05) is 29.9 Å². The molecular formula is C28H36N4O2. The van der Waals surface area contributed by atoms with Crippen LogP contribution in [-0.4, -0.2) is 64.7 Å². The van der Waals surface area contributed by atoms with E-state index in [1.165, 1.54) is 5.56 Å². The minimum absolute atomic E-state index is 0.0371. The summed E-state index contributed by atoms with van der Waals surface area (Å²) >= 11 is 0. The number of hydrogen-bond acceptors (Lipinski definition) is 6. The van der Waals surface area contributed by atoms with Gasteiger partial charge < -0.3 is 15.1 Å². The second-order valence-electron chi connectivity index (χ2n) is 10.9. The molecule has 5 rings (SSSR count). The number of aliphatic hydroxyl groups is 2. The molecule has 3 fully saturated rings. The zero-order valence-electron chi connectivity index (χ0n) is 20.3. The molecule has 0 amide bonds. The van der Waals surface area contributed by atoms with Crippen molar-refractivity contribution in [2.24, 2.45) is 0 Å². The van der Waals surface area contributed by atoms with Crippen molar-refractivity contribution in [1.82, 2.24) is 9.80 Å². The standard InChI is InChI=1S/C28H36N4O2/c1-30(2)28(23-9-4-3-5-10-23)16-14-26(15-17-28)20-31(24-11-6-8-22(18-24)19-29)25(33)32(26)21-27(34)12-7-13-27/h3-6,8-11,18,25,33-34H,7,12-17,20-21H2,1-2H3. The van der Waals surface area contributed by atoms with E-state index >= 15 is 0 Å². The van der Waals surface area contributed by atoms with Gasteiger partial charge in [0.05, 0.1) is 17.2 Å². The Hall–Kier alpha value is -2.43. The Kier molecular flexibility index (Phi) is 5.94. The van der Waals surface area contributed by atoms with E-state index in [-0.39, 0.29) is 11.1 Å². The maximum atomic E-state index is 11.6. The van der Waals surface area contributed by atoms with Crippen molar-refractivity contribution >= 4 is 5.69 Å². The number of benzene rings is 2. The number of hydrogen-bond donors (Lipinski definition) is 2. The summed E-state index contributed by atoms with van der Waals surface area (Å²) in [6, 6.07) is 20.5. The molecule has 6 heteroatoms. The van der Waals surface area contributed by atoms with Gasteiger partial charge in [-0.15, -0.1) is 0 Å². The molecule has 1 unspecified atom stereocenters. The fraction of sp³-hybridized carbons (Fsp3) is 0.536. The van der Waals surface area contributed by atoms with Crippen molar-refractivity contribution in [3.8, 4) is 6.07 Å². The number of aliphatic hydroxyl groups excluding tert-OH is 1. The number of nitriles is 1. The summed E-state index contributed by atoms with van der Waals surface area (Å²) in [4.78, 5) is 6.56. The summed E-state index contributed by atoms with van der Waals surface area (Å²) in [7, 11) is 4.34. The lowest BCUT2D eigenvalue weighted by atomic mass is 9.67. The van der Waals surface area contributed by atoms with E-state index in [0.29, 0.717) is 18.7 Å². The largest absolute Gasteiger partial charge is 0.389 e. The minimum atomic E-state index is -0.817. The molecule has 1 spiro atoms. The van der Waals surface area contributed by atoms with Crippen molar-refractivity contribution in [1.29, 1.82) is 5.26 Å². The van der Waals surface area contributed by atoms with E-state index in [9.17, 15) is 15.5 Å². The van der Waals surface area contributed by atoms with Gasteiger partial charge in [-0.2, -0.15) is 5.26 Å². The SMILES string of the molecule is CN(C)C1(c2ccccc2)CCC2(CC1)CN(c1cccc(C#N)c1)C(O)N2CC1(O)CCC1. The lowest BCUT2D eigenvalue weighted by Crippen LogP contribution is -2.60. The van der Waals surface area contributed by atoms with Crippen molar-refractivity contribution in [3.05, 3.63) is 65.7 Å². The quantitative estimate of drug-likeness (QED) is 0.710. The molecule has 2 aromatic rings. The first-order valence-electron chi connectivity index (χ1n) is 12.5. The number of β-amino-alcohol motifs (C(OH)–C–C–N with tert-alkyl or cyclic N) is 1. The Morgan fingerprint density at radius 2 is 1.71 bits per heavy atom. The molecule has 0 radical (unpaired) electrons. The Bertz CT molecular complexity index is 1050. The zero-order chi connectivity index (χ0) is 24.0. The van der Waals surface area contributed by atoms with E-state index < -0.39 is 12.0 Å². The van der Waals surface area contributed by atoms with E-state index in [4.69, 9.17) is 0 Å². The van der Waals surface area contributed by atoms with E-state index in [2.05, 4.69) is 60.3 Å². The first kappa shape index (κ1) is 23.3. The molecule has 0 bridgehead atoms. The summed E-state index contributed by atoms with van der Waals surface area (Å²) in [6.45, 7) is 1.18. The van der Waals surface area contributed by atoms with Gasteiger partial charge in [0.25, 0.3) is 0 Å². The Balaban J connectivity index is 1.47. The van der Waals surface area contributed by atoms with Gasteiger partial charge in [0.1, 0.15) is 0 Å². The van der Waals surface area contributed by atoms with Crippen molar-refractivity contribution in [3.63, 3.8) is 0 Å². The number of rotatable bonds is 5. The van der Waals surface area contributed by atoms with E-state index in [0.717, 1.165) is 50.6 Å². The van der Waals surface area contributed by atoms with Crippen molar-refractivity contribution in [2.75, 3.05) is 32.1 Å². The van der Waals surface area contributed by atoms with E-state index in [1.807, 2.05) is 23.1 Å². The molecule has 1 atom stereocenters. The summed E-state index contributed by atoms with van der Waals surface area (Å²) in [5, 5.41) is 32.1. The summed E-state index contributed by atoms with van der Waals surface area (Å²) in [6.07, 6.45) is 5.64. The van der Waals surface area contributed by atoms with Crippen LogP contribution in [0.15, 0.2) is 54.6 Å². The van der Waals surface area contributed by atoms with Gasteiger partial charge in [-0.05, 0) is 82.8 Å². The second-order valence-corrected chi connectivity index (χ2v) is 10.9. The van der Waals surface area contributed by atoms with Crippen LogP contribution in [-0.2, 0) is 5.54 Å². The maximum absolute atomic E-state index is 11.6. The highest BCUT2D eigenvalue weighted by Gasteiger charge is 2.56. The van der Waals surface area contributed by atoms with Crippen LogP contribution in [0.25, 0.3) is 0 Å². The van der Waals surface area contributed by atoms with Crippen LogP contribution in [0.5, 0.6) is 0 Å². The van der Waals surface area contributed by atoms with Crippen LogP contribution in [0.3, 0.4) is 0 Å². The summed E-state index contributed by atoms with van der Waals surface area (Å²) in [5.41, 5.74) is 1.83. The molecule has 1 saturated heterocycles. The first-order chi connectivity index (χ1) is 16.3. The summed E-state index contributed by atoms with van der Waals surface area (Å²) < 4.78 is 0. The smallest absolute Gasteiger partial charge is 0.187 e. The molecule has 180 valence electrons. The monoisotopic (exact) mass is 460 g/mol. The number of nitrogens with zero attached hydrogens (tertiary/aromatic N) is 4. The fourth-order valence-electron chi connectivity index (χ4n) is 6.51. The van der Waals surface area contributed by atoms with Gasteiger partial charge in [-0.25, -0.2) is 0 Å². The molecule has 2 aliphatic carbocycles. The van der Waals surface area contributed by atoms with Gasteiger partial charge >= 0.3 is 0 Å². The predicted octanol–water partition coefficient (Wildman–Crippen LogP) is 3.64. The van der Waals surface area contributed by atoms with Crippen LogP contribution in [0.1, 0.15) is 56.1 Å². The predicted molar refractivity (Wildman–Crippen MR) is 133 cm³/mol. The Labute approximate surface area is 203 Å². The molecule has 34 heavy (non-hydrogen) atoms. The Morgan fingerprint density at radius 3 is 2.29 bits per heavy atom. The molecule has 0 aromatic heterocycles. The van der Waals surface area contributed by atoms with Gasteiger partial charge in [0.2, 0.25) is 0 Å². The van der Waals surface area contributed by atoms with Crippen LogP contribution >= 0.6 is 0 Å². The fourth-order valence-corrected chi connectivity index (χ4v) is 6.51. The molecule has 2 N–H and O–H groups in total. The lowest BCUT2D eigenvalue weighted by molar-refractivity contribution is -0.124. The third-order valence-electron chi connectivity index (χ3n) is 8.86. The Morgan fingerprint density at radius 1 is 1.00 bits per heavy atom. The third kappa shape index (κ3) is 3.81. The highest BCUT2D eigenvalue weighted by atomic mass is 16.3. The second kappa shape index (κ2) is 8.66. The summed E-state index contributed by atoms with van der Waals surface area (Å²) in [5.74, 6) is 0. The minimum Gasteiger partial charge on any atom is -0.389 e. The topological polar surface area (TPSA) is 74.0 Å². The van der Waals surface area contributed by atoms with Crippen LogP contribution in [0.2, 0.25) is 0 Å². The van der Waals surface area contributed by atoms with E-state index in [1.54, 1.807) is 6.07 Å². The van der Waals surface area contributed by atoms with Gasteiger partial charge in [0.15, 0.2) is 6.35 Å². The normalized spacial score (nSPS) is 30.9. The molecule has 6 nitrogen and oxygen atoms in total. The van der Waals surface area contributed by atoms with Crippen molar-refractivity contribution in [2.45, 2.75) is 68.0 Å². The third-order valence-corrected chi connectivity index (χ3v) is 8.86. The number of anilines is 1. The molecule has 1 aliphatic heterocycles. The van der Waals surface area contributed by atoms with Crippen LogP contribution < -0.4 is 4.90 Å². The van der Waals surface area contributed by atoms with Gasteiger partial charge in [-0.3, -0.25) is 9.80 Å². The highest BCUT2D eigenvalue weighted by Crippen LogP contribution is 2.51. The molecule has 3 aliphatic rings. The molecule has 2 saturated carbocycles. The zero-order valence-corrected chi connectivity index (χ0v) is 20.3. The average Bonchev–Trinajstić information content (AvgIpc) is 3.10. The lowest BCUT2D eigenvalue weighted by Gasteiger charge is -2.53. The van der Waals surface area contributed by atoms with Crippen LogP contribution in [0, 0.1) is 11.3 Å².